The van der Waals surface area contributed by atoms with Crippen molar-refractivity contribution in [2.75, 3.05) is 0 Å². The molecular formula is C19H16N2S. The molecule has 22 heavy (non-hydrogen) atoms. The molecule has 0 aliphatic heterocycles. The Morgan fingerprint density at radius 3 is 2.14 bits per heavy atom. The van der Waals surface area contributed by atoms with E-state index in [2.05, 4.69) is 73.0 Å². The Morgan fingerprint density at radius 2 is 1.45 bits per heavy atom. The Kier molecular flexibility index (Phi) is 3.09. The molecule has 2 aromatic heterocycles. The van der Waals surface area contributed by atoms with Gasteiger partial charge in [-0.2, -0.15) is 0 Å². The van der Waals surface area contributed by atoms with Gasteiger partial charge in [0, 0.05) is 22.3 Å². The number of rotatable bonds is 2. The lowest BCUT2D eigenvalue weighted by molar-refractivity contribution is 1.11. The second kappa shape index (κ2) is 5.11. The molecule has 0 atom stereocenters. The highest BCUT2D eigenvalue weighted by atomic mass is 32.1. The molecule has 2 nitrogen and oxygen atoms in total. The fourth-order valence-electron chi connectivity index (χ4n) is 2.66. The minimum atomic E-state index is 1.04. The Morgan fingerprint density at radius 1 is 0.818 bits per heavy atom. The van der Waals surface area contributed by atoms with E-state index in [4.69, 9.17) is 4.98 Å². The molecule has 0 fully saturated rings. The van der Waals surface area contributed by atoms with Gasteiger partial charge in [-0.1, -0.05) is 54.6 Å². The molecule has 0 unspecified atom stereocenters. The summed E-state index contributed by atoms with van der Waals surface area (Å²) >= 11 is 1.75. The minimum absolute atomic E-state index is 1.04. The van der Waals surface area contributed by atoms with Gasteiger partial charge in [-0.15, -0.1) is 11.3 Å². The van der Waals surface area contributed by atoms with Crippen LogP contribution in [-0.4, -0.2) is 9.38 Å². The summed E-state index contributed by atoms with van der Waals surface area (Å²) in [6.45, 7) is 4.28. The quantitative estimate of drug-likeness (QED) is 0.488. The summed E-state index contributed by atoms with van der Waals surface area (Å²) in [5.74, 6) is 0. The predicted molar refractivity (Wildman–Crippen MR) is 93.4 cm³/mol. The third-order valence-corrected chi connectivity index (χ3v) is 5.15. The molecule has 0 saturated carbocycles. The summed E-state index contributed by atoms with van der Waals surface area (Å²) in [6, 6.07) is 19.1. The number of nitrogens with zero attached hydrogens (tertiary/aromatic N) is 2. The van der Waals surface area contributed by atoms with E-state index < -0.39 is 0 Å². The lowest BCUT2D eigenvalue weighted by Crippen LogP contribution is -1.82. The van der Waals surface area contributed by atoms with Crippen LogP contribution in [0.5, 0.6) is 0 Å². The summed E-state index contributed by atoms with van der Waals surface area (Å²) in [5, 5.41) is 0. The zero-order valence-electron chi connectivity index (χ0n) is 12.6. The number of imidazole rings is 1. The number of hydrogen-bond acceptors (Lipinski definition) is 2. The molecule has 108 valence electrons. The van der Waals surface area contributed by atoms with E-state index in [0.717, 1.165) is 16.2 Å². The number of hydrogen-bond donors (Lipinski definition) is 0. The van der Waals surface area contributed by atoms with E-state index in [0.29, 0.717) is 0 Å². The van der Waals surface area contributed by atoms with Gasteiger partial charge in [-0.05, 0) is 25.0 Å². The van der Waals surface area contributed by atoms with Gasteiger partial charge in [0.1, 0.15) is 0 Å². The standard InChI is InChI=1S/C19H16N2S/c1-13-14(2)22-19-20-18(12-21(13)19)17-10-8-16(9-11-17)15-6-4-3-5-7-15/h3-12H,1-2H3. The molecule has 0 bridgehead atoms. The first-order valence-corrected chi connectivity index (χ1v) is 8.15. The first-order valence-electron chi connectivity index (χ1n) is 7.33. The summed E-state index contributed by atoms with van der Waals surface area (Å²) in [4.78, 5) is 7.14. The molecule has 0 N–H and O–H groups in total. The Balaban J connectivity index is 1.72. The minimum Gasteiger partial charge on any atom is -0.294 e. The maximum atomic E-state index is 4.75. The summed E-state index contributed by atoms with van der Waals surface area (Å²) < 4.78 is 2.18. The Hall–Kier alpha value is -2.39. The second-order valence-corrected chi connectivity index (χ2v) is 6.65. The van der Waals surface area contributed by atoms with Crippen molar-refractivity contribution in [1.82, 2.24) is 9.38 Å². The summed E-state index contributed by atoms with van der Waals surface area (Å²) in [5.41, 5.74) is 5.95. The van der Waals surface area contributed by atoms with Crippen LogP contribution in [0.2, 0.25) is 0 Å². The van der Waals surface area contributed by atoms with Crippen molar-refractivity contribution >= 4 is 16.3 Å². The van der Waals surface area contributed by atoms with Crippen molar-refractivity contribution < 1.29 is 0 Å². The maximum absolute atomic E-state index is 4.75. The number of fused-ring (bicyclic) bond motifs is 1. The molecule has 0 radical (unpaired) electrons. The van der Waals surface area contributed by atoms with E-state index in [-0.39, 0.29) is 0 Å². The van der Waals surface area contributed by atoms with E-state index in [1.807, 2.05) is 6.07 Å². The second-order valence-electron chi connectivity index (χ2n) is 5.47. The molecule has 0 aliphatic rings. The molecule has 4 aromatic rings. The normalized spacial score (nSPS) is 11.2. The average Bonchev–Trinajstić information content (AvgIpc) is 3.09. The van der Waals surface area contributed by atoms with Crippen LogP contribution in [0.1, 0.15) is 10.6 Å². The fraction of sp³-hybridized carbons (Fsp3) is 0.105. The van der Waals surface area contributed by atoms with Gasteiger partial charge in [-0.3, -0.25) is 4.40 Å². The molecule has 0 amide bonds. The summed E-state index contributed by atoms with van der Waals surface area (Å²) in [7, 11) is 0. The van der Waals surface area contributed by atoms with Crippen LogP contribution in [0.15, 0.2) is 60.8 Å². The van der Waals surface area contributed by atoms with Gasteiger partial charge in [0.05, 0.1) is 5.69 Å². The molecule has 2 heterocycles. The van der Waals surface area contributed by atoms with Crippen LogP contribution in [0, 0.1) is 13.8 Å². The molecule has 0 spiro atoms. The van der Waals surface area contributed by atoms with Crippen molar-refractivity contribution in [1.29, 1.82) is 0 Å². The van der Waals surface area contributed by atoms with Gasteiger partial charge in [-0.25, -0.2) is 4.98 Å². The number of aryl methyl sites for hydroxylation is 2. The highest BCUT2D eigenvalue weighted by Gasteiger charge is 2.10. The van der Waals surface area contributed by atoms with Crippen LogP contribution in [0.25, 0.3) is 27.3 Å². The van der Waals surface area contributed by atoms with Crippen LogP contribution >= 0.6 is 11.3 Å². The van der Waals surface area contributed by atoms with Gasteiger partial charge in [0.15, 0.2) is 4.96 Å². The van der Waals surface area contributed by atoms with Crippen molar-refractivity contribution in [3.8, 4) is 22.4 Å². The monoisotopic (exact) mass is 304 g/mol. The maximum Gasteiger partial charge on any atom is 0.194 e. The van der Waals surface area contributed by atoms with Crippen molar-refractivity contribution in [3.63, 3.8) is 0 Å². The van der Waals surface area contributed by atoms with Crippen molar-refractivity contribution in [3.05, 3.63) is 71.4 Å². The lowest BCUT2D eigenvalue weighted by Gasteiger charge is -2.02. The number of benzene rings is 2. The van der Waals surface area contributed by atoms with Crippen LogP contribution in [0.3, 0.4) is 0 Å². The van der Waals surface area contributed by atoms with E-state index in [1.54, 1.807) is 11.3 Å². The lowest BCUT2D eigenvalue weighted by atomic mass is 10.0. The Labute approximate surface area is 133 Å². The van der Waals surface area contributed by atoms with Gasteiger partial charge < -0.3 is 0 Å². The highest BCUT2D eigenvalue weighted by molar-refractivity contribution is 7.17. The van der Waals surface area contributed by atoms with Crippen molar-refractivity contribution in [2.24, 2.45) is 0 Å². The van der Waals surface area contributed by atoms with Gasteiger partial charge in [0.2, 0.25) is 0 Å². The molecule has 3 heteroatoms. The van der Waals surface area contributed by atoms with E-state index in [9.17, 15) is 0 Å². The smallest absolute Gasteiger partial charge is 0.194 e. The van der Waals surface area contributed by atoms with E-state index >= 15 is 0 Å². The zero-order valence-corrected chi connectivity index (χ0v) is 13.4. The first kappa shape index (κ1) is 13.3. The summed E-state index contributed by atoms with van der Waals surface area (Å²) in [6.07, 6.45) is 2.13. The van der Waals surface area contributed by atoms with Crippen LogP contribution in [-0.2, 0) is 0 Å². The first-order chi connectivity index (χ1) is 10.7. The third-order valence-electron chi connectivity index (χ3n) is 4.08. The zero-order chi connectivity index (χ0) is 15.1. The molecular weight excluding hydrogens is 288 g/mol. The van der Waals surface area contributed by atoms with Gasteiger partial charge >= 0.3 is 0 Å². The van der Waals surface area contributed by atoms with E-state index in [1.165, 1.54) is 21.7 Å². The predicted octanol–water partition coefficient (Wildman–Crippen LogP) is 5.35. The average molecular weight is 304 g/mol. The van der Waals surface area contributed by atoms with Crippen molar-refractivity contribution in [2.45, 2.75) is 13.8 Å². The SMILES string of the molecule is Cc1sc2nc(-c3ccc(-c4ccccc4)cc3)cn2c1C. The van der Waals surface area contributed by atoms with Crippen LogP contribution < -0.4 is 0 Å². The topological polar surface area (TPSA) is 17.3 Å². The molecule has 2 aromatic carbocycles. The molecule has 0 saturated heterocycles. The highest BCUT2D eigenvalue weighted by Crippen LogP contribution is 2.28. The third kappa shape index (κ3) is 2.14. The molecule has 4 rings (SSSR count). The van der Waals surface area contributed by atoms with Gasteiger partial charge in [0.25, 0.3) is 0 Å². The Bertz CT molecular complexity index is 931. The fourth-order valence-corrected chi connectivity index (χ4v) is 3.61. The van der Waals surface area contributed by atoms with Crippen LogP contribution in [0.4, 0.5) is 0 Å². The molecule has 0 aliphatic carbocycles. The largest absolute Gasteiger partial charge is 0.294 e. The number of aromatic nitrogens is 2. The number of thiazole rings is 1.